The van der Waals surface area contributed by atoms with Gasteiger partial charge in [-0.25, -0.2) is 5.11 Å². The Kier molecular flexibility index (Phi) is 4.78. The van der Waals surface area contributed by atoms with E-state index in [-0.39, 0.29) is 0 Å². The molecule has 3 nitrogen and oxygen atoms in total. The van der Waals surface area contributed by atoms with Crippen molar-refractivity contribution in [2.75, 3.05) is 19.9 Å². The third kappa shape index (κ3) is 3.88. The summed E-state index contributed by atoms with van der Waals surface area (Å²) >= 11 is 0. The SMILES string of the molecule is NCCOC[O]. The number of hydrogen-bond donors (Lipinski definition) is 1. The normalized spacial score (nSPS) is 9.00. The van der Waals surface area contributed by atoms with E-state index in [0.717, 1.165) is 0 Å². The van der Waals surface area contributed by atoms with Crippen LogP contribution in [0.3, 0.4) is 0 Å². The topological polar surface area (TPSA) is 55.1 Å². The highest BCUT2D eigenvalue weighted by Crippen LogP contribution is 1.62. The molecule has 0 heterocycles. The van der Waals surface area contributed by atoms with E-state index in [1.165, 1.54) is 0 Å². The fraction of sp³-hybridized carbons (Fsp3) is 1.00. The van der Waals surface area contributed by atoms with Gasteiger partial charge in [-0.2, -0.15) is 0 Å². The van der Waals surface area contributed by atoms with Crippen LogP contribution in [0.5, 0.6) is 0 Å². The molecule has 3 heteroatoms. The van der Waals surface area contributed by atoms with Crippen molar-refractivity contribution >= 4 is 0 Å². The standard InChI is InChI=1S/C3H8NO2/c4-1-2-6-3-5/h1-4H2. The van der Waals surface area contributed by atoms with Crippen molar-refractivity contribution in [2.24, 2.45) is 5.73 Å². The van der Waals surface area contributed by atoms with E-state index >= 15 is 0 Å². The maximum Gasteiger partial charge on any atom is 0.180 e. The summed E-state index contributed by atoms with van der Waals surface area (Å²) in [6, 6.07) is 0. The fourth-order valence-electron chi connectivity index (χ4n) is 0.142. The molecule has 0 unspecified atom stereocenters. The first-order chi connectivity index (χ1) is 2.91. The minimum Gasteiger partial charge on any atom is -0.351 e. The van der Waals surface area contributed by atoms with E-state index in [0.29, 0.717) is 13.2 Å². The third-order valence-corrected chi connectivity index (χ3v) is 0.346. The summed E-state index contributed by atoms with van der Waals surface area (Å²) in [5.74, 6) is 0. The van der Waals surface area contributed by atoms with Crippen molar-refractivity contribution < 1.29 is 9.84 Å². The van der Waals surface area contributed by atoms with Gasteiger partial charge in [-0.15, -0.1) is 0 Å². The largest absolute Gasteiger partial charge is 0.351 e. The van der Waals surface area contributed by atoms with Gasteiger partial charge in [0.25, 0.3) is 0 Å². The van der Waals surface area contributed by atoms with E-state index in [1.54, 1.807) is 0 Å². The molecule has 0 aliphatic carbocycles. The summed E-state index contributed by atoms with van der Waals surface area (Å²) in [6.45, 7) is 0.336. The lowest BCUT2D eigenvalue weighted by molar-refractivity contribution is -0.0404. The van der Waals surface area contributed by atoms with Gasteiger partial charge in [-0.3, -0.25) is 0 Å². The molecule has 37 valence electrons. The lowest BCUT2D eigenvalue weighted by Crippen LogP contribution is -2.07. The van der Waals surface area contributed by atoms with Crippen molar-refractivity contribution in [3.05, 3.63) is 0 Å². The molecule has 0 saturated carbocycles. The second kappa shape index (κ2) is 4.88. The first-order valence-electron chi connectivity index (χ1n) is 1.77. The molecule has 1 radical (unpaired) electrons. The van der Waals surface area contributed by atoms with Crippen LogP contribution in [0.2, 0.25) is 0 Å². The van der Waals surface area contributed by atoms with Gasteiger partial charge >= 0.3 is 0 Å². The van der Waals surface area contributed by atoms with Crippen molar-refractivity contribution in [3.8, 4) is 0 Å². The van der Waals surface area contributed by atoms with Crippen LogP contribution >= 0.6 is 0 Å². The van der Waals surface area contributed by atoms with Crippen molar-refractivity contribution in [2.45, 2.75) is 0 Å². The molecule has 0 aromatic carbocycles. The Bertz CT molecular complexity index is 20.8. The van der Waals surface area contributed by atoms with E-state index < -0.39 is 6.79 Å². The zero-order valence-electron chi connectivity index (χ0n) is 3.52. The van der Waals surface area contributed by atoms with Gasteiger partial charge in [0.2, 0.25) is 0 Å². The minimum absolute atomic E-state index is 0.378. The summed E-state index contributed by atoms with van der Waals surface area (Å²) in [5, 5.41) is 9.41. The second-order valence-electron chi connectivity index (χ2n) is 0.815. The van der Waals surface area contributed by atoms with E-state index in [1.807, 2.05) is 0 Å². The van der Waals surface area contributed by atoms with Crippen molar-refractivity contribution in [1.29, 1.82) is 0 Å². The number of ether oxygens (including phenoxy) is 1. The number of rotatable bonds is 3. The molecular formula is C3H8NO2. The molecule has 6 heavy (non-hydrogen) atoms. The highest BCUT2D eigenvalue weighted by Gasteiger charge is 1.75. The smallest absolute Gasteiger partial charge is 0.180 e. The van der Waals surface area contributed by atoms with Crippen LogP contribution in [0.1, 0.15) is 0 Å². The van der Waals surface area contributed by atoms with Gasteiger partial charge in [0, 0.05) is 6.54 Å². The third-order valence-electron chi connectivity index (χ3n) is 0.346. The van der Waals surface area contributed by atoms with Gasteiger partial charge in [0.05, 0.1) is 6.61 Å². The minimum atomic E-state index is -0.475. The van der Waals surface area contributed by atoms with Crippen LogP contribution in [0, 0.1) is 0 Å². The summed E-state index contributed by atoms with van der Waals surface area (Å²) < 4.78 is 4.30. The zero-order chi connectivity index (χ0) is 4.83. The van der Waals surface area contributed by atoms with E-state index in [2.05, 4.69) is 4.74 Å². The molecule has 0 atom stereocenters. The van der Waals surface area contributed by atoms with Crippen LogP contribution < -0.4 is 5.73 Å². The van der Waals surface area contributed by atoms with Crippen molar-refractivity contribution in [3.63, 3.8) is 0 Å². The molecule has 0 aromatic heterocycles. The molecule has 0 bridgehead atoms. The summed E-state index contributed by atoms with van der Waals surface area (Å²) in [6.07, 6.45) is 0. The lowest BCUT2D eigenvalue weighted by Gasteiger charge is -1.89. The Balaban J connectivity index is 2.34. The van der Waals surface area contributed by atoms with Gasteiger partial charge in [-0.1, -0.05) is 0 Å². The fourth-order valence-corrected chi connectivity index (χ4v) is 0.142. The molecule has 0 spiro atoms. The summed E-state index contributed by atoms with van der Waals surface area (Å²) in [4.78, 5) is 0. The molecule has 0 amide bonds. The molecule has 0 aliphatic rings. The highest BCUT2D eigenvalue weighted by molar-refractivity contribution is 4.23. The number of hydrogen-bond acceptors (Lipinski definition) is 2. The van der Waals surface area contributed by atoms with Crippen LogP contribution in [-0.4, -0.2) is 19.9 Å². The Morgan fingerprint density at radius 3 is 2.50 bits per heavy atom. The average Bonchev–Trinajstić information content (AvgIpc) is 1.61. The van der Waals surface area contributed by atoms with E-state index in [4.69, 9.17) is 5.73 Å². The first-order valence-corrected chi connectivity index (χ1v) is 1.77. The van der Waals surface area contributed by atoms with Gasteiger partial charge < -0.3 is 10.5 Å². The average molecular weight is 90.1 g/mol. The number of nitrogens with two attached hydrogens (primary N) is 1. The molecule has 0 fully saturated rings. The summed E-state index contributed by atoms with van der Waals surface area (Å²) in [5.41, 5.74) is 4.95. The van der Waals surface area contributed by atoms with Gasteiger partial charge in [0.1, 0.15) is 0 Å². The Morgan fingerprint density at radius 2 is 2.33 bits per heavy atom. The predicted molar refractivity (Wildman–Crippen MR) is 20.6 cm³/mol. The van der Waals surface area contributed by atoms with Crippen LogP contribution in [0.4, 0.5) is 0 Å². The molecule has 0 rings (SSSR count). The maximum atomic E-state index is 9.41. The molecule has 0 aliphatic heterocycles. The van der Waals surface area contributed by atoms with Gasteiger partial charge in [0.15, 0.2) is 6.79 Å². The Morgan fingerprint density at radius 1 is 1.67 bits per heavy atom. The summed E-state index contributed by atoms with van der Waals surface area (Å²) in [7, 11) is 0. The molecule has 2 N–H and O–H groups in total. The van der Waals surface area contributed by atoms with Crippen LogP contribution in [0.15, 0.2) is 0 Å². The Hall–Kier alpha value is -0.120. The van der Waals surface area contributed by atoms with E-state index in [9.17, 15) is 5.11 Å². The predicted octanol–water partition coefficient (Wildman–Crippen LogP) is -0.650. The quantitative estimate of drug-likeness (QED) is 0.370. The lowest BCUT2D eigenvalue weighted by atomic mass is 10.7. The highest BCUT2D eigenvalue weighted by atomic mass is 16.6. The Labute approximate surface area is 36.7 Å². The van der Waals surface area contributed by atoms with Crippen LogP contribution in [-0.2, 0) is 9.84 Å². The monoisotopic (exact) mass is 90.1 g/mol. The van der Waals surface area contributed by atoms with Crippen molar-refractivity contribution in [1.82, 2.24) is 0 Å². The van der Waals surface area contributed by atoms with Crippen LogP contribution in [0.25, 0.3) is 0 Å². The maximum absolute atomic E-state index is 9.41. The molecular weight excluding hydrogens is 82.0 g/mol. The molecule has 0 saturated heterocycles. The zero-order valence-corrected chi connectivity index (χ0v) is 3.52. The first kappa shape index (κ1) is 5.88. The van der Waals surface area contributed by atoms with Gasteiger partial charge in [-0.05, 0) is 0 Å². The second-order valence-corrected chi connectivity index (χ2v) is 0.815. The molecule has 0 aromatic rings.